The number of hydrogen-bond acceptors (Lipinski definition) is 4. The SMILES string of the molecule is COC(=O)c1cccc2c1NC(c1cccc(C(=O)O)c1)C(C)(C)C2. The molecule has 0 saturated carbocycles. The quantitative estimate of drug-likeness (QED) is 0.829. The molecule has 130 valence electrons. The fraction of sp³-hybridized carbons (Fsp3) is 0.300. The van der Waals surface area contributed by atoms with Gasteiger partial charge in [0.15, 0.2) is 0 Å². The average Bonchev–Trinajstić information content (AvgIpc) is 2.59. The molecule has 1 atom stereocenters. The summed E-state index contributed by atoms with van der Waals surface area (Å²) in [7, 11) is 1.36. The van der Waals surface area contributed by atoms with E-state index in [1.165, 1.54) is 7.11 Å². The Morgan fingerprint density at radius 1 is 1.20 bits per heavy atom. The summed E-state index contributed by atoms with van der Waals surface area (Å²) in [5.41, 5.74) is 3.30. The molecule has 1 unspecified atom stereocenters. The molecule has 1 aliphatic rings. The van der Waals surface area contributed by atoms with Crippen molar-refractivity contribution in [1.29, 1.82) is 0 Å². The van der Waals surface area contributed by atoms with E-state index >= 15 is 0 Å². The number of anilines is 1. The molecule has 1 heterocycles. The molecule has 1 aliphatic heterocycles. The van der Waals surface area contributed by atoms with Gasteiger partial charge in [-0.15, -0.1) is 0 Å². The third-order valence-corrected chi connectivity index (χ3v) is 4.74. The van der Waals surface area contributed by atoms with Crippen molar-refractivity contribution in [2.24, 2.45) is 5.41 Å². The molecule has 5 nitrogen and oxygen atoms in total. The lowest BCUT2D eigenvalue weighted by molar-refractivity contribution is 0.0600. The first-order valence-electron chi connectivity index (χ1n) is 8.13. The van der Waals surface area contributed by atoms with Crippen molar-refractivity contribution in [3.05, 3.63) is 64.7 Å². The molecule has 0 spiro atoms. The second kappa shape index (κ2) is 6.24. The van der Waals surface area contributed by atoms with Gasteiger partial charge in [0.2, 0.25) is 0 Å². The molecule has 2 aromatic carbocycles. The van der Waals surface area contributed by atoms with Gasteiger partial charge in [0, 0.05) is 0 Å². The number of fused-ring (bicyclic) bond motifs is 1. The smallest absolute Gasteiger partial charge is 0.339 e. The Morgan fingerprint density at radius 3 is 2.60 bits per heavy atom. The fourth-order valence-corrected chi connectivity index (χ4v) is 3.52. The number of carbonyl (C=O) groups excluding carboxylic acids is 1. The number of methoxy groups -OCH3 is 1. The molecule has 5 heteroatoms. The third-order valence-electron chi connectivity index (χ3n) is 4.74. The first kappa shape index (κ1) is 17.0. The zero-order valence-corrected chi connectivity index (χ0v) is 14.5. The van der Waals surface area contributed by atoms with Crippen LogP contribution in [-0.4, -0.2) is 24.2 Å². The van der Waals surface area contributed by atoms with E-state index in [0.29, 0.717) is 5.56 Å². The Labute approximate surface area is 146 Å². The monoisotopic (exact) mass is 339 g/mol. The molecular weight excluding hydrogens is 318 g/mol. The minimum atomic E-state index is -0.953. The van der Waals surface area contributed by atoms with Gasteiger partial charge in [-0.05, 0) is 41.2 Å². The Balaban J connectivity index is 2.08. The number of nitrogens with one attached hydrogen (secondary N) is 1. The van der Waals surface area contributed by atoms with Gasteiger partial charge in [-0.2, -0.15) is 0 Å². The molecule has 0 saturated heterocycles. The maximum absolute atomic E-state index is 12.1. The number of aromatic carboxylic acids is 1. The van der Waals surface area contributed by atoms with Crippen LogP contribution in [-0.2, 0) is 11.2 Å². The second-order valence-electron chi connectivity index (χ2n) is 7.00. The molecule has 3 rings (SSSR count). The first-order valence-corrected chi connectivity index (χ1v) is 8.13. The Kier molecular flexibility index (Phi) is 4.25. The van der Waals surface area contributed by atoms with Crippen molar-refractivity contribution in [1.82, 2.24) is 0 Å². The van der Waals surface area contributed by atoms with Crippen molar-refractivity contribution < 1.29 is 19.4 Å². The second-order valence-corrected chi connectivity index (χ2v) is 7.00. The number of hydrogen-bond donors (Lipinski definition) is 2. The van der Waals surface area contributed by atoms with Gasteiger partial charge in [0.1, 0.15) is 0 Å². The molecular formula is C20H21NO4. The summed E-state index contributed by atoms with van der Waals surface area (Å²) >= 11 is 0. The van der Waals surface area contributed by atoms with Crippen molar-refractivity contribution in [3.8, 4) is 0 Å². The van der Waals surface area contributed by atoms with Crippen LogP contribution in [0.3, 0.4) is 0 Å². The Morgan fingerprint density at radius 2 is 1.92 bits per heavy atom. The van der Waals surface area contributed by atoms with Gasteiger partial charge < -0.3 is 15.2 Å². The largest absolute Gasteiger partial charge is 0.478 e. The van der Waals surface area contributed by atoms with E-state index in [1.54, 1.807) is 24.3 Å². The van der Waals surface area contributed by atoms with Crippen LogP contribution in [0.25, 0.3) is 0 Å². The summed E-state index contributed by atoms with van der Waals surface area (Å²) in [6, 6.07) is 12.4. The van der Waals surface area contributed by atoms with Gasteiger partial charge in [-0.3, -0.25) is 0 Å². The zero-order valence-electron chi connectivity index (χ0n) is 14.5. The van der Waals surface area contributed by atoms with Gasteiger partial charge >= 0.3 is 11.9 Å². The van der Waals surface area contributed by atoms with Crippen molar-refractivity contribution in [2.45, 2.75) is 26.3 Å². The maximum atomic E-state index is 12.1. The predicted octanol–water partition coefficient (Wildman–Crippen LogP) is 3.91. The van der Waals surface area contributed by atoms with E-state index in [0.717, 1.165) is 23.2 Å². The van der Waals surface area contributed by atoms with E-state index < -0.39 is 5.97 Å². The van der Waals surface area contributed by atoms with Gasteiger partial charge in [-0.1, -0.05) is 38.1 Å². The van der Waals surface area contributed by atoms with Crippen LogP contribution in [0, 0.1) is 5.41 Å². The molecule has 25 heavy (non-hydrogen) atoms. The lowest BCUT2D eigenvalue weighted by Gasteiger charge is -2.42. The average molecular weight is 339 g/mol. The van der Waals surface area contributed by atoms with Gasteiger partial charge in [0.05, 0.1) is 30.0 Å². The van der Waals surface area contributed by atoms with Crippen LogP contribution in [0.5, 0.6) is 0 Å². The van der Waals surface area contributed by atoms with Crippen LogP contribution in [0.4, 0.5) is 5.69 Å². The first-order chi connectivity index (χ1) is 11.8. The fourth-order valence-electron chi connectivity index (χ4n) is 3.52. The van der Waals surface area contributed by atoms with Crippen LogP contribution >= 0.6 is 0 Å². The highest BCUT2D eigenvalue weighted by Crippen LogP contribution is 2.46. The summed E-state index contributed by atoms with van der Waals surface area (Å²) in [4.78, 5) is 23.4. The number of carbonyl (C=O) groups is 2. The lowest BCUT2D eigenvalue weighted by atomic mass is 9.72. The molecule has 0 radical (unpaired) electrons. The lowest BCUT2D eigenvalue weighted by Crippen LogP contribution is -2.36. The van der Waals surface area contributed by atoms with Crippen molar-refractivity contribution in [2.75, 3.05) is 12.4 Å². The summed E-state index contributed by atoms with van der Waals surface area (Å²) in [6.07, 6.45) is 0.766. The van der Waals surface area contributed by atoms with E-state index in [-0.39, 0.29) is 23.0 Å². The van der Waals surface area contributed by atoms with Crippen LogP contribution < -0.4 is 5.32 Å². The Hall–Kier alpha value is -2.82. The Bertz CT molecular complexity index is 841. The minimum absolute atomic E-state index is 0.120. The summed E-state index contributed by atoms with van der Waals surface area (Å²) in [6.45, 7) is 4.26. The molecule has 2 N–H and O–H groups in total. The summed E-state index contributed by atoms with van der Waals surface area (Å²) in [5, 5.41) is 12.7. The predicted molar refractivity (Wildman–Crippen MR) is 95.0 cm³/mol. The highest BCUT2D eigenvalue weighted by Gasteiger charge is 2.37. The van der Waals surface area contributed by atoms with Crippen molar-refractivity contribution in [3.63, 3.8) is 0 Å². The van der Waals surface area contributed by atoms with Crippen LogP contribution in [0.2, 0.25) is 0 Å². The number of benzene rings is 2. The van der Waals surface area contributed by atoms with Gasteiger partial charge in [-0.25, -0.2) is 9.59 Å². The number of carboxylic acid groups (broad SMARTS) is 1. The van der Waals surface area contributed by atoms with E-state index in [1.807, 2.05) is 18.2 Å². The molecule has 0 aromatic heterocycles. The normalized spacial score (nSPS) is 18.0. The molecule has 0 aliphatic carbocycles. The third kappa shape index (κ3) is 3.09. The molecule has 0 fully saturated rings. The zero-order chi connectivity index (χ0) is 18.2. The van der Waals surface area contributed by atoms with E-state index in [4.69, 9.17) is 4.74 Å². The summed E-state index contributed by atoms with van der Waals surface area (Å²) < 4.78 is 4.89. The highest BCUT2D eigenvalue weighted by atomic mass is 16.5. The summed E-state index contributed by atoms with van der Waals surface area (Å²) in [5.74, 6) is -1.34. The van der Waals surface area contributed by atoms with Crippen LogP contribution in [0.1, 0.15) is 51.7 Å². The number of rotatable bonds is 3. The standard InChI is InChI=1S/C20H21NO4/c1-20(2)11-14-8-5-9-15(19(24)25-3)16(14)21-17(20)12-6-4-7-13(10-12)18(22)23/h4-10,17,21H,11H2,1-3H3,(H,22,23). The molecule has 0 bridgehead atoms. The number of ether oxygens (including phenoxy) is 1. The number of esters is 1. The minimum Gasteiger partial charge on any atom is -0.478 e. The number of para-hydroxylation sites is 1. The van der Waals surface area contributed by atoms with Crippen molar-refractivity contribution >= 4 is 17.6 Å². The van der Waals surface area contributed by atoms with Gasteiger partial charge in [0.25, 0.3) is 0 Å². The molecule has 0 amide bonds. The van der Waals surface area contributed by atoms with E-state index in [9.17, 15) is 14.7 Å². The number of carboxylic acids is 1. The molecule has 2 aromatic rings. The van der Waals surface area contributed by atoms with Crippen LogP contribution in [0.15, 0.2) is 42.5 Å². The van der Waals surface area contributed by atoms with E-state index in [2.05, 4.69) is 19.2 Å². The topological polar surface area (TPSA) is 75.6 Å². The maximum Gasteiger partial charge on any atom is 0.339 e. The highest BCUT2D eigenvalue weighted by molar-refractivity contribution is 5.96.